The Morgan fingerprint density at radius 1 is 1.15 bits per heavy atom. The van der Waals surface area contributed by atoms with Crippen molar-refractivity contribution in [3.63, 3.8) is 0 Å². The average Bonchev–Trinajstić information content (AvgIpc) is 1.81. The van der Waals surface area contributed by atoms with Gasteiger partial charge in [0.15, 0.2) is 19.7 Å². The Kier molecular flexibility index (Phi) is 3.84. The van der Waals surface area contributed by atoms with Crippen molar-refractivity contribution < 1.29 is 16.8 Å². The van der Waals surface area contributed by atoms with Crippen molar-refractivity contribution in [3.05, 3.63) is 4.24 Å². The minimum absolute atomic E-state index is 0.286. The zero-order valence-corrected chi connectivity index (χ0v) is 9.24. The fraction of sp³-hybridized carbons (Fsp3) is 0.667. The molecule has 0 rings (SSSR count). The molecule has 0 aliphatic heterocycles. The van der Waals surface area contributed by atoms with Crippen molar-refractivity contribution in [1.29, 1.82) is 0 Å². The predicted octanol–water partition coefficient (Wildman–Crippen LogP) is -0.393. The summed E-state index contributed by atoms with van der Waals surface area (Å²) in [4.78, 5) is 3.46. The molecule has 0 bridgehead atoms. The van der Waals surface area contributed by atoms with E-state index in [9.17, 15) is 16.8 Å². The number of sulfone groups is 2. The molecule has 0 fully saturated rings. The Bertz CT molecular complexity index is 403. The standard InChI is InChI=1S/C6H11NO4S2/c1-4-7-5-6(12(2,8)9)13(3,10)11/h4H2,1-3H3. The van der Waals surface area contributed by atoms with Gasteiger partial charge < -0.3 is 0 Å². The van der Waals surface area contributed by atoms with Gasteiger partial charge in [-0.1, -0.05) is 0 Å². The highest BCUT2D eigenvalue weighted by atomic mass is 32.3. The molecule has 0 N–H and O–H groups in total. The van der Waals surface area contributed by atoms with E-state index in [4.69, 9.17) is 0 Å². The highest BCUT2D eigenvalue weighted by Gasteiger charge is 2.22. The van der Waals surface area contributed by atoms with Gasteiger partial charge in [0.25, 0.3) is 0 Å². The molecule has 7 heteroatoms. The fourth-order valence-electron chi connectivity index (χ4n) is 0.584. The summed E-state index contributed by atoms with van der Waals surface area (Å²) in [6.45, 7) is 1.93. The lowest BCUT2D eigenvalue weighted by Crippen LogP contribution is -2.11. The van der Waals surface area contributed by atoms with E-state index < -0.39 is 23.9 Å². The minimum Gasteiger partial charge on any atom is -0.242 e. The molecule has 0 aliphatic carbocycles. The molecule has 76 valence electrons. The number of hydrogen-bond acceptors (Lipinski definition) is 5. The average molecular weight is 225 g/mol. The van der Waals surface area contributed by atoms with Crippen molar-refractivity contribution >= 4 is 25.5 Å². The third-order valence-corrected chi connectivity index (χ3v) is 4.35. The zero-order valence-electron chi connectivity index (χ0n) is 7.60. The second-order valence-electron chi connectivity index (χ2n) is 2.42. The van der Waals surface area contributed by atoms with Crippen molar-refractivity contribution in [2.45, 2.75) is 6.92 Å². The number of hydrogen-bond donors (Lipinski definition) is 0. The maximum atomic E-state index is 10.9. The molecule has 13 heavy (non-hydrogen) atoms. The molecule has 5 nitrogen and oxygen atoms in total. The Hall–Kier alpha value is -0.650. The van der Waals surface area contributed by atoms with Gasteiger partial charge in [-0.3, -0.25) is 0 Å². The van der Waals surface area contributed by atoms with Crippen LogP contribution in [0.25, 0.3) is 0 Å². The number of nitrogens with zero attached hydrogens (tertiary/aromatic N) is 1. The first-order valence-electron chi connectivity index (χ1n) is 3.39. The monoisotopic (exact) mass is 225 g/mol. The van der Waals surface area contributed by atoms with Crippen LogP contribution in [0.4, 0.5) is 0 Å². The first-order chi connectivity index (χ1) is 5.69. The molecule has 0 aromatic heterocycles. The zero-order chi connectivity index (χ0) is 10.7. The maximum absolute atomic E-state index is 10.9. The smallest absolute Gasteiger partial charge is 0.218 e. The van der Waals surface area contributed by atoms with Crippen LogP contribution in [0.1, 0.15) is 6.92 Å². The quantitative estimate of drug-likeness (QED) is 0.612. The van der Waals surface area contributed by atoms with Gasteiger partial charge in [0.2, 0.25) is 4.24 Å². The molecule has 0 amide bonds. The topological polar surface area (TPSA) is 80.6 Å². The van der Waals surface area contributed by atoms with Crippen molar-refractivity contribution in [3.8, 4) is 0 Å². The normalized spacial score (nSPS) is 11.9. The summed E-state index contributed by atoms with van der Waals surface area (Å²) in [5.41, 5.74) is 0. The van der Waals surface area contributed by atoms with Gasteiger partial charge in [-0.2, -0.15) is 0 Å². The molecule has 0 saturated carbocycles. The fourth-order valence-corrected chi connectivity index (χ4v) is 3.24. The molecular weight excluding hydrogens is 214 g/mol. The van der Waals surface area contributed by atoms with Gasteiger partial charge in [0.1, 0.15) is 0 Å². The van der Waals surface area contributed by atoms with Crippen molar-refractivity contribution in [1.82, 2.24) is 0 Å². The third kappa shape index (κ3) is 4.21. The maximum Gasteiger partial charge on any atom is 0.218 e. The summed E-state index contributed by atoms with van der Waals surface area (Å²) < 4.78 is 43.0. The summed E-state index contributed by atoms with van der Waals surface area (Å²) in [6.07, 6.45) is 1.61. The predicted molar refractivity (Wildman–Crippen MR) is 51.2 cm³/mol. The Morgan fingerprint density at radius 2 is 1.54 bits per heavy atom. The molecule has 0 aromatic rings. The number of rotatable bonds is 3. The largest absolute Gasteiger partial charge is 0.242 e. The van der Waals surface area contributed by atoms with Crippen LogP contribution in [0.2, 0.25) is 0 Å². The summed E-state index contributed by atoms with van der Waals surface area (Å²) in [7, 11) is -7.54. The summed E-state index contributed by atoms with van der Waals surface area (Å²) in [5, 5.41) is 0. The number of aliphatic imine (C=N–C) groups is 1. The molecule has 0 atom stereocenters. The van der Waals surface area contributed by atoms with E-state index in [0.717, 1.165) is 12.5 Å². The first kappa shape index (κ1) is 12.3. The second-order valence-corrected chi connectivity index (χ2v) is 6.58. The molecule has 0 aliphatic rings. The molecule has 0 aromatic carbocycles. The summed E-state index contributed by atoms with van der Waals surface area (Å²) in [6, 6.07) is 0. The van der Waals surface area contributed by atoms with Crippen LogP contribution in [-0.4, -0.2) is 41.8 Å². The lowest BCUT2D eigenvalue weighted by molar-refractivity contribution is 0.602. The highest BCUT2D eigenvalue weighted by Crippen LogP contribution is 2.07. The lowest BCUT2D eigenvalue weighted by Gasteiger charge is -1.96. The van der Waals surface area contributed by atoms with Crippen LogP contribution in [0, 0.1) is 0 Å². The van der Waals surface area contributed by atoms with Gasteiger partial charge in [-0.05, 0) is 6.92 Å². The van der Waals surface area contributed by atoms with Gasteiger partial charge in [0, 0.05) is 24.9 Å². The highest BCUT2D eigenvalue weighted by molar-refractivity contribution is 8.14. The Labute approximate surface area is 78.0 Å². The molecule has 0 radical (unpaired) electrons. The van der Waals surface area contributed by atoms with Crippen LogP contribution in [0.3, 0.4) is 0 Å². The third-order valence-electron chi connectivity index (χ3n) is 1.00. The van der Waals surface area contributed by atoms with E-state index in [1.54, 1.807) is 6.92 Å². The Morgan fingerprint density at radius 3 is 1.77 bits per heavy atom. The van der Waals surface area contributed by atoms with Crippen LogP contribution in [-0.2, 0) is 19.7 Å². The van der Waals surface area contributed by atoms with E-state index in [1.165, 1.54) is 0 Å². The van der Waals surface area contributed by atoms with E-state index >= 15 is 0 Å². The van der Waals surface area contributed by atoms with Gasteiger partial charge in [-0.25, -0.2) is 21.8 Å². The van der Waals surface area contributed by atoms with Gasteiger partial charge in [-0.15, -0.1) is 0 Å². The molecule has 0 saturated heterocycles. The van der Waals surface area contributed by atoms with E-state index in [1.807, 2.05) is 5.87 Å². The molecule has 0 unspecified atom stereocenters. The SMILES string of the molecule is CCN=C=C(S(C)(=O)=O)S(C)(=O)=O. The Balaban J connectivity index is 5.70. The van der Waals surface area contributed by atoms with Crippen LogP contribution in [0.5, 0.6) is 0 Å². The summed E-state index contributed by atoms with van der Waals surface area (Å²) in [5.74, 6) is 2.02. The van der Waals surface area contributed by atoms with E-state index in [2.05, 4.69) is 4.99 Å². The lowest BCUT2D eigenvalue weighted by atomic mass is 10.8. The van der Waals surface area contributed by atoms with Gasteiger partial charge >= 0.3 is 0 Å². The van der Waals surface area contributed by atoms with Crippen LogP contribution >= 0.6 is 0 Å². The van der Waals surface area contributed by atoms with Crippen molar-refractivity contribution in [2.24, 2.45) is 4.99 Å². The summed E-state index contributed by atoms with van der Waals surface area (Å²) >= 11 is 0. The molecule has 0 heterocycles. The first-order valence-corrected chi connectivity index (χ1v) is 7.17. The molecule has 0 spiro atoms. The second kappa shape index (κ2) is 4.04. The van der Waals surface area contributed by atoms with Crippen molar-refractivity contribution in [2.75, 3.05) is 19.1 Å². The van der Waals surface area contributed by atoms with Gasteiger partial charge in [0.05, 0.1) is 0 Å². The van der Waals surface area contributed by atoms with Crippen LogP contribution < -0.4 is 0 Å². The molecular formula is C6H11NO4S2. The van der Waals surface area contributed by atoms with Crippen LogP contribution in [0.15, 0.2) is 9.23 Å². The van der Waals surface area contributed by atoms with E-state index in [0.29, 0.717) is 0 Å². The minimum atomic E-state index is -3.77. The van der Waals surface area contributed by atoms with E-state index in [-0.39, 0.29) is 6.54 Å².